The molecule has 9 nitrogen and oxygen atoms in total. The molecule has 0 aliphatic carbocycles. The molecule has 62 heavy (non-hydrogen) atoms. The van der Waals surface area contributed by atoms with Crippen LogP contribution in [-0.2, 0) is 5.41 Å². The number of furan rings is 1. The summed E-state index contributed by atoms with van der Waals surface area (Å²) >= 11 is 0. The molecule has 0 bridgehead atoms. The van der Waals surface area contributed by atoms with E-state index in [1.54, 1.807) is 0 Å². The first-order valence-electron chi connectivity index (χ1n) is 21.3. The summed E-state index contributed by atoms with van der Waals surface area (Å²) in [6, 6.07) is 43.4. The zero-order valence-corrected chi connectivity index (χ0v) is 35.3. The molecule has 1 aliphatic heterocycles. The Morgan fingerprint density at radius 2 is 1.40 bits per heavy atom. The first-order valence-corrected chi connectivity index (χ1v) is 21.3. The summed E-state index contributed by atoms with van der Waals surface area (Å²) in [7, 11) is 2.21. The fourth-order valence-electron chi connectivity index (χ4n) is 10.5. The average Bonchev–Trinajstić information content (AvgIpc) is 4.10. The van der Waals surface area contributed by atoms with Crippen LogP contribution in [0.4, 0.5) is 5.69 Å². The molecular weight excluding hydrogens is 763 g/mol. The number of hydrogen-bond donors (Lipinski definition) is 0. The van der Waals surface area contributed by atoms with E-state index in [4.69, 9.17) is 19.4 Å². The van der Waals surface area contributed by atoms with Crippen LogP contribution in [0.5, 0.6) is 0 Å². The second kappa shape index (κ2) is 12.3. The van der Waals surface area contributed by atoms with Crippen LogP contribution in [0.1, 0.15) is 37.5 Å². The maximum Gasteiger partial charge on any atom is 0.417 e. The first-order chi connectivity index (χ1) is 30.2. The summed E-state index contributed by atoms with van der Waals surface area (Å²) in [5, 5.41) is 4.42. The van der Waals surface area contributed by atoms with Crippen LogP contribution in [0.15, 0.2) is 144 Å². The maximum atomic E-state index is 7.10. The zero-order chi connectivity index (χ0) is 41.8. The number of nitrogens with zero attached hydrogens (tertiary/aromatic N) is 8. The van der Waals surface area contributed by atoms with Crippen LogP contribution in [0.25, 0.3) is 94.5 Å². The fourth-order valence-corrected chi connectivity index (χ4v) is 10.5. The number of aryl methyl sites for hydroxylation is 2. The smallest absolute Gasteiger partial charge is 0.417 e. The number of benzene rings is 6. The minimum atomic E-state index is -0.110. The average molecular weight is 805 g/mol. The van der Waals surface area contributed by atoms with Gasteiger partial charge in [0, 0.05) is 46.0 Å². The van der Waals surface area contributed by atoms with Gasteiger partial charge in [-0.25, -0.2) is 15.0 Å². The highest BCUT2D eigenvalue weighted by molar-refractivity contribution is 6.77. The normalized spacial score (nSPS) is 13.3. The molecule has 0 atom stereocenters. The summed E-state index contributed by atoms with van der Waals surface area (Å²) in [4.78, 5) is 18.0. The number of hydrogen-bond acceptors (Lipinski definition) is 5. The molecule has 10 heteroatoms. The van der Waals surface area contributed by atoms with Crippen LogP contribution < -0.4 is 10.3 Å². The second-order valence-electron chi connectivity index (χ2n) is 18.0. The van der Waals surface area contributed by atoms with Crippen molar-refractivity contribution in [3.63, 3.8) is 0 Å². The van der Waals surface area contributed by atoms with Crippen molar-refractivity contribution in [3.05, 3.63) is 157 Å². The van der Waals surface area contributed by atoms with E-state index in [0.29, 0.717) is 0 Å². The Morgan fingerprint density at radius 3 is 2.23 bits per heavy atom. The van der Waals surface area contributed by atoms with Crippen molar-refractivity contribution in [2.24, 2.45) is 0 Å². The SMILES string of the molecule is Cc1cccc(C)c1B1N(C)c2c(cc(-n3c4cc5c(cc4n4c6ccccc6nc34)c3ccccc3n5-c3cc(C(C)(C)C)ccn3)c3oc4ccccc4c23)-c2nccn21. The largest absolute Gasteiger partial charge is 0.454 e. The quantitative estimate of drug-likeness (QED) is 0.166. The summed E-state index contributed by atoms with van der Waals surface area (Å²) < 4.78 is 16.4. The number of fused-ring (bicyclic) bond motifs is 15. The molecule has 12 aromatic rings. The van der Waals surface area contributed by atoms with Crippen LogP contribution in [0.3, 0.4) is 0 Å². The van der Waals surface area contributed by atoms with Gasteiger partial charge in [0.1, 0.15) is 17.2 Å². The highest BCUT2D eigenvalue weighted by Crippen LogP contribution is 2.49. The van der Waals surface area contributed by atoms with Crippen molar-refractivity contribution in [3.8, 4) is 22.9 Å². The zero-order valence-electron chi connectivity index (χ0n) is 35.3. The standard InChI is InChI=1S/C52H41BN8O/c1-30-14-13-15-31(2)47(30)53-57(6)48-36(50-55-24-25-58(50)53)28-43(49-46(48)34-17-8-12-21-44(34)62-49)61-42-29-40-35(27-41(42)60-39-20-11-9-18-37(39)56-51(60)61)33-16-7-10-19-38(33)59(40)45-26-32(22-23-54-45)52(3,4)5/h7-29H,1-6H3. The molecule has 13 rings (SSSR count). The Labute approximate surface area is 357 Å². The Kier molecular flexibility index (Phi) is 6.96. The van der Waals surface area contributed by atoms with Crippen LogP contribution in [-0.4, -0.2) is 47.0 Å². The van der Waals surface area contributed by atoms with Crippen molar-refractivity contribution in [2.45, 2.75) is 40.0 Å². The molecule has 0 fully saturated rings. The summed E-state index contributed by atoms with van der Waals surface area (Å²) in [6.07, 6.45) is 5.99. The second-order valence-corrected chi connectivity index (χ2v) is 18.0. The summed E-state index contributed by atoms with van der Waals surface area (Å²) in [5.74, 6) is 2.60. The van der Waals surface area contributed by atoms with E-state index >= 15 is 0 Å². The van der Waals surface area contributed by atoms with Crippen molar-refractivity contribution < 1.29 is 4.42 Å². The van der Waals surface area contributed by atoms with Gasteiger partial charge in [0.25, 0.3) is 0 Å². The van der Waals surface area contributed by atoms with Gasteiger partial charge in [-0.3, -0.25) is 13.5 Å². The number of aromatic nitrogens is 7. The summed E-state index contributed by atoms with van der Waals surface area (Å²) in [5.41, 5.74) is 15.8. The molecule has 0 unspecified atom stereocenters. The van der Waals surface area contributed by atoms with E-state index in [2.05, 4.69) is 192 Å². The van der Waals surface area contributed by atoms with Gasteiger partial charge in [-0.2, -0.15) is 0 Å². The molecular formula is C52H41BN8O. The lowest BCUT2D eigenvalue weighted by Crippen LogP contribution is -2.56. The first kappa shape index (κ1) is 35.2. The van der Waals surface area contributed by atoms with Gasteiger partial charge in [0.05, 0.1) is 44.2 Å². The van der Waals surface area contributed by atoms with E-state index < -0.39 is 0 Å². The van der Waals surface area contributed by atoms with Gasteiger partial charge in [0.2, 0.25) is 5.78 Å². The van der Waals surface area contributed by atoms with Gasteiger partial charge in [-0.05, 0) is 91.9 Å². The molecule has 6 aromatic carbocycles. The highest BCUT2D eigenvalue weighted by atomic mass is 16.3. The van der Waals surface area contributed by atoms with E-state index in [1.807, 2.05) is 12.4 Å². The van der Waals surface area contributed by atoms with Crippen molar-refractivity contribution in [1.82, 2.24) is 33.0 Å². The molecule has 6 aromatic heterocycles. The minimum Gasteiger partial charge on any atom is -0.454 e. The lowest BCUT2D eigenvalue weighted by molar-refractivity contribution is 0.588. The van der Waals surface area contributed by atoms with E-state index in [9.17, 15) is 0 Å². The molecule has 0 radical (unpaired) electrons. The molecule has 0 spiro atoms. The topological polar surface area (TPSA) is 74.2 Å². The molecule has 298 valence electrons. The van der Waals surface area contributed by atoms with E-state index in [-0.39, 0.29) is 12.4 Å². The Bertz CT molecular complexity index is 3850. The highest BCUT2D eigenvalue weighted by Gasteiger charge is 2.40. The third-order valence-electron chi connectivity index (χ3n) is 13.4. The molecule has 0 saturated heterocycles. The van der Waals surface area contributed by atoms with Gasteiger partial charge in [0.15, 0.2) is 5.58 Å². The number of imidazole rings is 3. The van der Waals surface area contributed by atoms with Gasteiger partial charge >= 0.3 is 6.98 Å². The lowest BCUT2D eigenvalue weighted by Gasteiger charge is -2.37. The third-order valence-corrected chi connectivity index (χ3v) is 13.4. The van der Waals surface area contributed by atoms with Crippen molar-refractivity contribution in [2.75, 3.05) is 11.9 Å². The Morgan fingerprint density at radius 1 is 0.645 bits per heavy atom. The number of pyridine rings is 1. The van der Waals surface area contributed by atoms with Crippen molar-refractivity contribution >= 4 is 89.7 Å². The molecule has 7 heterocycles. The molecule has 0 amide bonds. The minimum absolute atomic E-state index is 0.0449. The molecule has 1 aliphatic rings. The van der Waals surface area contributed by atoms with E-state index in [0.717, 1.165) is 94.8 Å². The Hall–Kier alpha value is -7.59. The monoisotopic (exact) mass is 804 g/mol. The molecule has 0 N–H and O–H groups in total. The maximum absolute atomic E-state index is 7.10. The number of anilines is 1. The van der Waals surface area contributed by atoms with Crippen LogP contribution in [0.2, 0.25) is 0 Å². The predicted molar refractivity (Wildman–Crippen MR) is 254 cm³/mol. The number of rotatable bonds is 3. The van der Waals surface area contributed by atoms with Gasteiger partial charge in [-0.15, -0.1) is 0 Å². The summed E-state index contributed by atoms with van der Waals surface area (Å²) in [6.45, 7) is 11.1. The Balaban J connectivity index is 1.19. The van der Waals surface area contributed by atoms with E-state index in [1.165, 1.54) is 27.5 Å². The lowest BCUT2D eigenvalue weighted by atomic mass is 9.60. The van der Waals surface area contributed by atoms with Crippen LogP contribution in [0, 0.1) is 13.8 Å². The number of para-hydroxylation sites is 4. The van der Waals surface area contributed by atoms with Gasteiger partial charge < -0.3 is 13.7 Å². The van der Waals surface area contributed by atoms with Gasteiger partial charge in [-0.1, -0.05) is 98.6 Å². The fraction of sp³-hybridized carbons (Fsp3) is 0.135. The predicted octanol–water partition coefficient (Wildman–Crippen LogP) is 11.3. The van der Waals surface area contributed by atoms with Crippen molar-refractivity contribution in [1.29, 1.82) is 0 Å². The third kappa shape index (κ3) is 4.61. The molecule has 0 saturated carbocycles. The van der Waals surface area contributed by atoms with Crippen LogP contribution >= 0.6 is 0 Å².